The third kappa shape index (κ3) is 2.73. The van der Waals surface area contributed by atoms with Crippen molar-refractivity contribution in [2.24, 2.45) is 7.05 Å². The molecule has 4 aromatic heterocycles. The van der Waals surface area contributed by atoms with Gasteiger partial charge in [-0.1, -0.05) is 0 Å². The lowest BCUT2D eigenvalue weighted by Gasteiger charge is -2.24. The second-order valence-electron chi connectivity index (χ2n) is 7.20. The number of nitrogens with one attached hydrogen (secondary N) is 1. The van der Waals surface area contributed by atoms with Gasteiger partial charge < -0.3 is 15.0 Å². The molecule has 1 saturated heterocycles. The van der Waals surface area contributed by atoms with E-state index in [2.05, 4.69) is 20.4 Å². The highest BCUT2D eigenvalue weighted by Gasteiger charge is 2.18. The lowest BCUT2D eigenvalue weighted by Crippen LogP contribution is -2.34. The van der Waals surface area contributed by atoms with Crippen LogP contribution in [0.1, 0.15) is 18.9 Å². The molecule has 1 aliphatic rings. The van der Waals surface area contributed by atoms with Crippen molar-refractivity contribution in [1.82, 2.24) is 29.6 Å². The van der Waals surface area contributed by atoms with Gasteiger partial charge in [0, 0.05) is 25.4 Å². The standard InChI is InChI=1S/C20H20N6O2/c1-25-11-17-16(24-25)10-18(27)19(23-17)15-3-2-13-14(22-15)6-9-26(20(13)28)12-4-7-21-8-5-12/h2-3,6,9-12,21,27H,4-5,7-8H2,1H3. The van der Waals surface area contributed by atoms with E-state index < -0.39 is 0 Å². The molecule has 1 fully saturated rings. The highest BCUT2D eigenvalue weighted by Crippen LogP contribution is 2.29. The van der Waals surface area contributed by atoms with E-state index in [4.69, 9.17) is 0 Å². The third-order valence-electron chi connectivity index (χ3n) is 5.31. The minimum Gasteiger partial charge on any atom is -0.506 e. The number of fused-ring (bicyclic) bond motifs is 2. The Labute approximate surface area is 160 Å². The van der Waals surface area contributed by atoms with E-state index in [1.54, 1.807) is 36.1 Å². The van der Waals surface area contributed by atoms with Gasteiger partial charge in [-0.15, -0.1) is 0 Å². The van der Waals surface area contributed by atoms with Crippen LogP contribution in [0.2, 0.25) is 0 Å². The zero-order valence-corrected chi connectivity index (χ0v) is 15.5. The summed E-state index contributed by atoms with van der Waals surface area (Å²) < 4.78 is 3.47. The van der Waals surface area contributed by atoms with Gasteiger partial charge in [-0.05, 0) is 44.1 Å². The van der Waals surface area contributed by atoms with Gasteiger partial charge in [0.25, 0.3) is 5.56 Å². The molecule has 0 unspecified atom stereocenters. The molecule has 0 spiro atoms. The first kappa shape index (κ1) is 16.9. The SMILES string of the molecule is Cn1cc2nc(-c3ccc4c(=O)n(C5CCNCC5)ccc4n3)c(O)cc2n1. The maximum absolute atomic E-state index is 12.9. The normalized spacial score (nSPS) is 15.5. The minimum atomic E-state index is -0.0247. The molecule has 2 N–H and O–H groups in total. The summed E-state index contributed by atoms with van der Waals surface area (Å²) in [6, 6.07) is 7.17. The molecule has 4 aromatic rings. The average molecular weight is 376 g/mol. The maximum Gasteiger partial charge on any atom is 0.260 e. The van der Waals surface area contributed by atoms with E-state index in [0.29, 0.717) is 33.3 Å². The summed E-state index contributed by atoms with van der Waals surface area (Å²) in [5.74, 6) is 0.0149. The van der Waals surface area contributed by atoms with Crippen LogP contribution in [0.25, 0.3) is 33.3 Å². The molecule has 1 aliphatic heterocycles. The Kier molecular flexibility index (Phi) is 3.87. The number of hydrogen-bond donors (Lipinski definition) is 2. The molecule has 0 radical (unpaired) electrons. The summed E-state index contributed by atoms with van der Waals surface area (Å²) >= 11 is 0. The largest absolute Gasteiger partial charge is 0.506 e. The molecular formula is C20H20N6O2. The van der Waals surface area contributed by atoms with Crippen molar-refractivity contribution in [2.45, 2.75) is 18.9 Å². The van der Waals surface area contributed by atoms with Crippen LogP contribution in [-0.2, 0) is 7.05 Å². The summed E-state index contributed by atoms with van der Waals surface area (Å²) in [7, 11) is 1.81. The van der Waals surface area contributed by atoms with Crippen LogP contribution in [0.3, 0.4) is 0 Å². The molecule has 8 nitrogen and oxygen atoms in total. The molecule has 28 heavy (non-hydrogen) atoms. The smallest absolute Gasteiger partial charge is 0.260 e. The van der Waals surface area contributed by atoms with Gasteiger partial charge in [-0.2, -0.15) is 5.10 Å². The van der Waals surface area contributed by atoms with E-state index in [1.165, 1.54) is 0 Å². The van der Waals surface area contributed by atoms with Crippen molar-refractivity contribution >= 4 is 21.9 Å². The Bertz CT molecular complexity index is 1250. The van der Waals surface area contributed by atoms with Crippen molar-refractivity contribution in [3.8, 4) is 17.1 Å². The molecule has 0 amide bonds. The summed E-state index contributed by atoms with van der Waals surface area (Å²) in [6.07, 6.45) is 5.51. The van der Waals surface area contributed by atoms with Crippen molar-refractivity contribution in [1.29, 1.82) is 0 Å². The van der Waals surface area contributed by atoms with E-state index >= 15 is 0 Å². The zero-order chi connectivity index (χ0) is 19.3. The third-order valence-corrected chi connectivity index (χ3v) is 5.31. The van der Waals surface area contributed by atoms with Crippen molar-refractivity contribution in [2.75, 3.05) is 13.1 Å². The summed E-state index contributed by atoms with van der Waals surface area (Å²) in [5, 5.41) is 18.5. The van der Waals surface area contributed by atoms with E-state index in [0.717, 1.165) is 25.9 Å². The van der Waals surface area contributed by atoms with Crippen LogP contribution in [0.4, 0.5) is 0 Å². The molecule has 5 rings (SSSR count). The lowest BCUT2D eigenvalue weighted by molar-refractivity contribution is 0.362. The summed E-state index contributed by atoms with van der Waals surface area (Å²) in [5.41, 5.74) is 2.77. The Hall–Kier alpha value is -3.26. The van der Waals surface area contributed by atoms with Crippen molar-refractivity contribution in [3.63, 3.8) is 0 Å². The Morgan fingerprint density at radius 3 is 2.75 bits per heavy atom. The quantitative estimate of drug-likeness (QED) is 0.555. The Morgan fingerprint density at radius 1 is 1.11 bits per heavy atom. The first-order valence-electron chi connectivity index (χ1n) is 9.36. The number of piperidine rings is 1. The van der Waals surface area contributed by atoms with Crippen molar-refractivity contribution in [3.05, 3.63) is 47.0 Å². The van der Waals surface area contributed by atoms with Gasteiger partial charge in [0.15, 0.2) is 0 Å². The summed E-state index contributed by atoms with van der Waals surface area (Å²) in [4.78, 5) is 22.0. The van der Waals surface area contributed by atoms with Gasteiger partial charge in [-0.25, -0.2) is 9.97 Å². The van der Waals surface area contributed by atoms with Gasteiger partial charge >= 0.3 is 0 Å². The van der Waals surface area contributed by atoms with Gasteiger partial charge in [0.2, 0.25) is 0 Å². The number of hydrogen-bond acceptors (Lipinski definition) is 6. The minimum absolute atomic E-state index is 0.0149. The second-order valence-corrected chi connectivity index (χ2v) is 7.20. The fraction of sp³-hybridized carbons (Fsp3) is 0.300. The first-order chi connectivity index (χ1) is 13.6. The Morgan fingerprint density at radius 2 is 1.93 bits per heavy atom. The highest BCUT2D eigenvalue weighted by molar-refractivity contribution is 5.84. The van der Waals surface area contributed by atoms with Gasteiger partial charge in [0.1, 0.15) is 22.5 Å². The molecule has 8 heteroatoms. The fourth-order valence-electron chi connectivity index (χ4n) is 3.89. The second kappa shape index (κ2) is 6.42. The number of aromatic nitrogens is 5. The molecule has 0 bridgehead atoms. The van der Waals surface area contributed by atoms with Crippen LogP contribution in [0, 0.1) is 0 Å². The monoisotopic (exact) mass is 376 g/mol. The number of nitrogens with zero attached hydrogens (tertiary/aromatic N) is 5. The van der Waals surface area contributed by atoms with E-state index in [9.17, 15) is 9.90 Å². The van der Waals surface area contributed by atoms with E-state index in [-0.39, 0.29) is 17.4 Å². The predicted octanol–water partition coefficient (Wildman–Crippen LogP) is 1.98. The van der Waals surface area contributed by atoms with Crippen LogP contribution in [0.5, 0.6) is 5.75 Å². The van der Waals surface area contributed by atoms with Gasteiger partial charge in [0.05, 0.1) is 22.8 Å². The molecule has 5 heterocycles. The lowest BCUT2D eigenvalue weighted by atomic mass is 10.1. The molecule has 0 aromatic carbocycles. The molecule has 0 atom stereocenters. The molecule has 0 aliphatic carbocycles. The van der Waals surface area contributed by atoms with E-state index in [1.807, 2.05) is 16.8 Å². The number of pyridine rings is 3. The first-order valence-corrected chi connectivity index (χ1v) is 9.36. The number of aryl methyl sites for hydroxylation is 1. The fourth-order valence-corrected chi connectivity index (χ4v) is 3.89. The van der Waals surface area contributed by atoms with Crippen molar-refractivity contribution < 1.29 is 5.11 Å². The van der Waals surface area contributed by atoms with Crippen LogP contribution < -0.4 is 10.9 Å². The summed E-state index contributed by atoms with van der Waals surface area (Å²) in [6.45, 7) is 1.85. The predicted molar refractivity (Wildman–Crippen MR) is 106 cm³/mol. The molecule has 142 valence electrons. The molecule has 0 saturated carbocycles. The molecular weight excluding hydrogens is 356 g/mol. The maximum atomic E-state index is 12.9. The number of rotatable bonds is 2. The zero-order valence-electron chi connectivity index (χ0n) is 15.5. The highest BCUT2D eigenvalue weighted by atomic mass is 16.3. The number of aromatic hydroxyl groups is 1. The Balaban J connectivity index is 1.60. The van der Waals surface area contributed by atoms with Crippen LogP contribution >= 0.6 is 0 Å². The topological polar surface area (TPSA) is 97.9 Å². The van der Waals surface area contributed by atoms with Gasteiger partial charge in [-0.3, -0.25) is 9.48 Å². The van der Waals surface area contributed by atoms with Crippen LogP contribution in [-0.4, -0.2) is 42.5 Å². The average Bonchev–Trinajstić information content (AvgIpc) is 3.07. The van der Waals surface area contributed by atoms with Crippen LogP contribution in [0.15, 0.2) is 41.5 Å².